The molecule has 1 aromatic rings. The molecule has 0 saturated heterocycles. The smallest absolute Gasteiger partial charge is 0.339 e. The van der Waals surface area contributed by atoms with Gasteiger partial charge < -0.3 is 26.0 Å². The molecule has 0 fully saturated rings. The lowest BCUT2D eigenvalue weighted by atomic mass is 10.1. The Morgan fingerprint density at radius 2 is 1.90 bits per heavy atom. The molecule has 5 N–H and O–H groups in total. The van der Waals surface area contributed by atoms with Crippen molar-refractivity contribution in [2.75, 3.05) is 6.73 Å². The fourth-order valence-corrected chi connectivity index (χ4v) is 1.46. The van der Waals surface area contributed by atoms with Crippen LogP contribution in [0.25, 0.3) is 0 Å². The lowest BCUT2D eigenvalue weighted by Gasteiger charge is -2.10. The highest BCUT2D eigenvalue weighted by Gasteiger charge is 2.14. The van der Waals surface area contributed by atoms with E-state index >= 15 is 0 Å². The maximum absolute atomic E-state index is 11.4. The molecule has 0 saturated carbocycles. The monoisotopic (exact) mass is 296 g/mol. The van der Waals surface area contributed by atoms with E-state index in [4.69, 9.17) is 20.7 Å². The minimum absolute atomic E-state index is 0.00682. The van der Waals surface area contributed by atoms with Crippen molar-refractivity contribution in [3.63, 3.8) is 0 Å². The summed E-state index contributed by atoms with van der Waals surface area (Å²) in [6.45, 7) is -0.217. The number of nitrogens with two attached hydrogens (primary N) is 1. The Labute approximate surface area is 120 Å². The topological polar surface area (TPSA) is 139 Å². The third kappa shape index (κ3) is 5.49. The minimum Gasteiger partial charge on any atom is -0.480 e. The number of carbonyl (C=O) groups is 3. The Hall–Kier alpha value is -2.61. The highest BCUT2D eigenvalue weighted by molar-refractivity contribution is 5.90. The summed E-state index contributed by atoms with van der Waals surface area (Å²) in [5.74, 6) is -2.61. The van der Waals surface area contributed by atoms with Gasteiger partial charge in [0.15, 0.2) is 6.73 Å². The normalized spacial score (nSPS) is 11.5. The summed E-state index contributed by atoms with van der Waals surface area (Å²) in [6, 6.07) is 4.92. The van der Waals surface area contributed by atoms with Gasteiger partial charge in [0.1, 0.15) is 17.4 Å². The van der Waals surface area contributed by atoms with Crippen molar-refractivity contribution in [1.29, 1.82) is 0 Å². The lowest BCUT2D eigenvalue weighted by molar-refractivity contribution is -0.138. The summed E-state index contributed by atoms with van der Waals surface area (Å²) in [5.41, 5.74) is 5.25. The predicted octanol–water partition coefficient (Wildman–Crippen LogP) is 0.0294. The van der Waals surface area contributed by atoms with E-state index in [1.165, 1.54) is 12.1 Å². The Morgan fingerprint density at radius 1 is 1.24 bits per heavy atom. The molecule has 1 rings (SSSR count). The fraction of sp³-hybridized carbons (Fsp3) is 0.308. The SMILES string of the molecule is N[C@@H](CCC(=O)NCOc1ccccc1C(=O)O)C(=O)O. The number of para-hydroxylation sites is 1. The Bertz CT molecular complexity index is 531. The van der Waals surface area contributed by atoms with Crippen LogP contribution in [0.3, 0.4) is 0 Å². The molecule has 0 aliphatic carbocycles. The fourth-order valence-electron chi connectivity index (χ4n) is 1.46. The molecule has 0 aliphatic rings. The van der Waals surface area contributed by atoms with Gasteiger partial charge >= 0.3 is 11.9 Å². The summed E-state index contributed by atoms with van der Waals surface area (Å²) in [4.78, 5) is 32.8. The predicted molar refractivity (Wildman–Crippen MR) is 71.9 cm³/mol. The average molecular weight is 296 g/mol. The van der Waals surface area contributed by atoms with Gasteiger partial charge in [0.2, 0.25) is 5.91 Å². The van der Waals surface area contributed by atoms with Crippen LogP contribution < -0.4 is 15.8 Å². The molecule has 21 heavy (non-hydrogen) atoms. The van der Waals surface area contributed by atoms with Crippen molar-refractivity contribution in [3.8, 4) is 5.75 Å². The Kier molecular flexibility index (Phi) is 6.15. The zero-order valence-corrected chi connectivity index (χ0v) is 11.1. The van der Waals surface area contributed by atoms with E-state index in [9.17, 15) is 14.4 Å². The van der Waals surface area contributed by atoms with Crippen LogP contribution in [0.4, 0.5) is 0 Å². The van der Waals surface area contributed by atoms with Crippen molar-refractivity contribution in [3.05, 3.63) is 29.8 Å². The molecule has 0 aromatic heterocycles. The van der Waals surface area contributed by atoms with Crippen LogP contribution >= 0.6 is 0 Å². The van der Waals surface area contributed by atoms with Crippen LogP contribution in [-0.2, 0) is 9.59 Å². The van der Waals surface area contributed by atoms with Crippen LogP contribution in [0.1, 0.15) is 23.2 Å². The maximum Gasteiger partial charge on any atom is 0.339 e. The number of carboxylic acid groups (broad SMARTS) is 2. The van der Waals surface area contributed by atoms with Crippen LogP contribution in [-0.4, -0.2) is 40.8 Å². The third-order valence-corrected chi connectivity index (χ3v) is 2.61. The van der Waals surface area contributed by atoms with E-state index in [-0.39, 0.29) is 30.9 Å². The molecule has 8 nitrogen and oxygen atoms in total. The molecule has 1 amide bonds. The molecule has 114 valence electrons. The second-order valence-corrected chi connectivity index (χ2v) is 4.17. The van der Waals surface area contributed by atoms with Crippen LogP contribution in [0.2, 0.25) is 0 Å². The highest BCUT2D eigenvalue weighted by Crippen LogP contribution is 2.17. The number of hydrogen-bond acceptors (Lipinski definition) is 5. The number of hydrogen-bond donors (Lipinski definition) is 4. The molecular weight excluding hydrogens is 280 g/mol. The van der Waals surface area contributed by atoms with Gasteiger partial charge in [-0.3, -0.25) is 9.59 Å². The highest BCUT2D eigenvalue weighted by atomic mass is 16.5. The molecule has 0 radical (unpaired) electrons. The first-order valence-electron chi connectivity index (χ1n) is 6.12. The second-order valence-electron chi connectivity index (χ2n) is 4.17. The van der Waals surface area contributed by atoms with Crippen molar-refractivity contribution in [1.82, 2.24) is 5.32 Å². The number of nitrogens with one attached hydrogen (secondary N) is 1. The largest absolute Gasteiger partial charge is 0.480 e. The molecule has 0 spiro atoms. The lowest BCUT2D eigenvalue weighted by Crippen LogP contribution is -2.33. The number of aromatic carboxylic acids is 1. The first-order valence-corrected chi connectivity index (χ1v) is 6.12. The van der Waals surface area contributed by atoms with E-state index in [0.717, 1.165) is 0 Å². The maximum atomic E-state index is 11.4. The standard InChI is InChI=1S/C13H16N2O6/c14-9(13(19)20)5-6-11(16)15-7-21-10-4-2-1-3-8(10)12(17)18/h1-4,9H,5-7,14H2,(H,15,16)(H,17,18)(H,19,20)/t9-/m0/s1. The summed E-state index contributed by atoms with van der Waals surface area (Å²) in [7, 11) is 0. The van der Waals surface area contributed by atoms with Crippen molar-refractivity contribution < 1.29 is 29.3 Å². The molecule has 0 heterocycles. The van der Waals surface area contributed by atoms with Gasteiger partial charge in [-0.15, -0.1) is 0 Å². The zero-order chi connectivity index (χ0) is 15.8. The van der Waals surface area contributed by atoms with Gasteiger partial charge in [-0.25, -0.2) is 4.79 Å². The molecule has 0 unspecified atom stereocenters. The summed E-state index contributed by atoms with van der Waals surface area (Å²) in [6.07, 6.45) is -0.0513. The number of amides is 1. The number of benzene rings is 1. The zero-order valence-electron chi connectivity index (χ0n) is 11.1. The van der Waals surface area contributed by atoms with Gasteiger partial charge in [-0.1, -0.05) is 12.1 Å². The second kappa shape index (κ2) is 7.85. The van der Waals surface area contributed by atoms with Crippen molar-refractivity contribution >= 4 is 17.8 Å². The summed E-state index contributed by atoms with van der Waals surface area (Å²) >= 11 is 0. The van der Waals surface area contributed by atoms with E-state index < -0.39 is 23.9 Å². The van der Waals surface area contributed by atoms with Gasteiger partial charge in [0, 0.05) is 6.42 Å². The average Bonchev–Trinajstić information content (AvgIpc) is 2.44. The van der Waals surface area contributed by atoms with Crippen LogP contribution in [0.15, 0.2) is 24.3 Å². The summed E-state index contributed by atoms with van der Waals surface area (Å²) < 4.78 is 5.16. The number of aliphatic carboxylic acids is 1. The van der Waals surface area contributed by atoms with E-state index in [2.05, 4.69) is 5.32 Å². The molecule has 1 atom stereocenters. The Morgan fingerprint density at radius 3 is 2.52 bits per heavy atom. The van der Waals surface area contributed by atoms with E-state index in [1.807, 2.05) is 0 Å². The first-order chi connectivity index (χ1) is 9.91. The number of ether oxygens (including phenoxy) is 1. The van der Waals surface area contributed by atoms with Crippen LogP contribution in [0, 0.1) is 0 Å². The quantitative estimate of drug-likeness (QED) is 0.496. The van der Waals surface area contributed by atoms with Gasteiger partial charge in [0.25, 0.3) is 0 Å². The molecule has 0 bridgehead atoms. The van der Waals surface area contributed by atoms with E-state index in [1.54, 1.807) is 12.1 Å². The third-order valence-electron chi connectivity index (χ3n) is 2.61. The van der Waals surface area contributed by atoms with Gasteiger partial charge in [0.05, 0.1) is 0 Å². The van der Waals surface area contributed by atoms with Crippen molar-refractivity contribution in [2.45, 2.75) is 18.9 Å². The molecule has 1 aromatic carbocycles. The molecule has 0 aliphatic heterocycles. The molecule has 8 heteroatoms. The molecular formula is C13H16N2O6. The number of rotatable bonds is 8. The van der Waals surface area contributed by atoms with Gasteiger partial charge in [-0.2, -0.15) is 0 Å². The van der Waals surface area contributed by atoms with E-state index in [0.29, 0.717) is 0 Å². The van der Waals surface area contributed by atoms with Gasteiger partial charge in [-0.05, 0) is 18.6 Å². The van der Waals surface area contributed by atoms with Crippen molar-refractivity contribution in [2.24, 2.45) is 5.73 Å². The van der Waals surface area contributed by atoms with Crippen LogP contribution in [0.5, 0.6) is 5.75 Å². The Balaban J connectivity index is 2.38. The number of carboxylic acids is 2. The number of carbonyl (C=O) groups excluding carboxylic acids is 1. The minimum atomic E-state index is -1.17. The first kappa shape index (κ1) is 16.4. The summed E-state index contributed by atoms with van der Waals surface area (Å²) in [5, 5.41) is 19.9.